The van der Waals surface area contributed by atoms with E-state index < -0.39 is 0 Å². The molecule has 6 heteroatoms. The summed E-state index contributed by atoms with van der Waals surface area (Å²) < 4.78 is 10.7. The fourth-order valence-corrected chi connectivity index (χ4v) is 2.17. The summed E-state index contributed by atoms with van der Waals surface area (Å²) in [4.78, 5) is 2.45. The van der Waals surface area contributed by atoms with E-state index >= 15 is 0 Å². The van der Waals surface area contributed by atoms with Crippen molar-refractivity contribution in [1.29, 1.82) is 0 Å². The largest absolute Gasteiger partial charge is 0.454 e. The normalized spacial score (nSPS) is 17.8. The second kappa shape index (κ2) is 7.04. The molecule has 0 spiro atoms. The lowest BCUT2D eigenvalue weighted by Crippen LogP contribution is -2.42. The van der Waals surface area contributed by atoms with Crippen molar-refractivity contribution in [2.75, 3.05) is 33.0 Å². The number of piperazine rings is 1. The first-order valence-electron chi connectivity index (χ1n) is 5.73. The van der Waals surface area contributed by atoms with Crippen LogP contribution in [0.2, 0.25) is 0 Å². The molecule has 102 valence electrons. The van der Waals surface area contributed by atoms with E-state index in [1.54, 1.807) is 0 Å². The number of fused-ring (bicyclic) bond motifs is 1. The molecule has 1 N–H and O–H groups in total. The number of hydrogen-bond acceptors (Lipinski definition) is 4. The summed E-state index contributed by atoms with van der Waals surface area (Å²) in [7, 11) is 0. The lowest BCUT2D eigenvalue weighted by Gasteiger charge is -2.27. The van der Waals surface area contributed by atoms with Crippen LogP contribution in [0.5, 0.6) is 11.5 Å². The van der Waals surface area contributed by atoms with Crippen LogP contribution in [0.4, 0.5) is 0 Å². The van der Waals surface area contributed by atoms with Crippen LogP contribution in [-0.2, 0) is 6.54 Å². The minimum absolute atomic E-state index is 0. The Kier molecular flexibility index (Phi) is 6.02. The molecular formula is C12H18Cl2N2O2. The van der Waals surface area contributed by atoms with Gasteiger partial charge in [0.15, 0.2) is 11.5 Å². The van der Waals surface area contributed by atoms with Crippen LogP contribution in [0.15, 0.2) is 18.2 Å². The minimum Gasteiger partial charge on any atom is -0.454 e. The standard InChI is InChI=1S/C12H16N2O2.2ClH/c1-2-11-12(16-9-15-11)7-10(1)8-14-5-3-13-4-6-14;;/h1-2,7,13H,3-6,8-9H2;2*1H. The molecule has 0 saturated carbocycles. The number of hydrogen-bond donors (Lipinski definition) is 1. The van der Waals surface area contributed by atoms with Crippen molar-refractivity contribution in [1.82, 2.24) is 10.2 Å². The molecule has 0 atom stereocenters. The Morgan fingerprint density at radius 2 is 1.78 bits per heavy atom. The number of nitrogens with zero attached hydrogens (tertiary/aromatic N) is 1. The highest BCUT2D eigenvalue weighted by molar-refractivity contribution is 5.85. The summed E-state index contributed by atoms with van der Waals surface area (Å²) in [5.41, 5.74) is 1.30. The highest BCUT2D eigenvalue weighted by Crippen LogP contribution is 2.32. The van der Waals surface area contributed by atoms with Crippen molar-refractivity contribution >= 4 is 24.8 Å². The molecule has 0 bridgehead atoms. The van der Waals surface area contributed by atoms with E-state index in [1.807, 2.05) is 6.07 Å². The van der Waals surface area contributed by atoms with E-state index in [0.29, 0.717) is 6.79 Å². The van der Waals surface area contributed by atoms with Gasteiger partial charge < -0.3 is 14.8 Å². The molecule has 4 nitrogen and oxygen atoms in total. The third-order valence-electron chi connectivity index (χ3n) is 3.05. The summed E-state index contributed by atoms with van der Waals surface area (Å²) in [5, 5.41) is 3.36. The molecule has 2 heterocycles. The van der Waals surface area contributed by atoms with Crippen LogP contribution in [0.3, 0.4) is 0 Å². The van der Waals surface area contributed by atoms with E-state index in [-0.39, 0.29) is 24.8 Å². The first-order valence-corrected chi connectivity index (χ1v) is 5.73. The Bertz CT molecular complexity index is 384. The molecule has 0 unspecified atom stereocenters. The lowest BCUT2D eigenvalue weighted by molar-refractivity contribution is 0.174. The number of halogens is 2. The maximum atomic E-state index is 5.38. The summed E-state index contributed by atoms with van der Waals surface area (Å²) in [6, 6.07) is 6.21. The fraction of sp³-hybridized carbons (Fsp3) is 0.500. The van der Waals surface area contributed by atoms with Gasteiger partial charge >= 0.3 is 0 Å². The van der Waals surface area contributed by atoms with Crippen molar-refractivity contribution in [3.8, 4) is 11.5 Å². The first kappa shape index (κ1) is 15.4. The Morgan fingerprint density at radius 3 is 2.56 bits per heavy atom. The van der Waals surface area contributed by atoms with E-state index in [0.717, 1.165) is 44.2 Å². The van der Waals surface area contributed by atoms with Crippen LogP contribution >= 0.6 is 24.8 Å². The zero-order valence-electron chi connectivity index (χ0n) is 10.1. The number of nitrogens with one attached hydrogen (secondary N) is 1. The highest BCUT2D eigenvalue weighted by atomic mass is 35.5. The average molecular weight is 293 g/mol. The summed E-state index contributed by atoms with van der Waals surface area (Å²) in [6.07, 6.45) is 0. The van der Waals surface area contributed by atoms with Gasteiger partial charge in [-0.05, 0) is 17.7 Å². The van der Waals surface area contributed by atoms with Crippen molar-refractivity contribution in [3.63, 3.8) is 0 Å². The van der Waals surface area contributed by atoms with Gasteiger partial charge in [-0.25, -0.2) is 0 Å². The van der Waals surface area contributed by atoms with Gasteiger partial charge in [0.05, 0.1) is 0 Å². The van der Waals surface area contributed by atoms with Crippen LogP contribution in [0.1, 0.15) is 5.56 Å². The van der Waals surface area contributed by atoms with E-state index in [9.17, 15) is 0 Å². The third-order valence-corrected chi connectivity index (χ3v) is 3.05. The molecule has 18 heavy (non-hydrogen) atoms. The van der Waals surface area contributed by atoms with Gasteiger partial charge in [-0.3, -0.25) is 4.90 Å². The molecular weight excluding hydrogens is 275 g/mol. The van der Waals surface area contributed by atoms with Crippen molar-refractivity contribution < 1.29 is 9.47 Å². The first-order chi connectivity index (χ1) is 7.92. The van der Waals surface area contributed by atoms with Gasteiger partial charge in [-0.1, -0.05) is 6.07 Å². The van der Waals surface area contributed by atoms with E-state index in [4.69, 9.17) is 9.47 Å². The molecule has 0 amide bonds. The monoisotopic (exact) mass is 292 g/mol. The Labute approximate surface area is 119 Å². The molecule has 1 saturated heterocycles. The van der Waals surface area contributed by atoms with Crippen LogP contribution < -0.4 is 14.8 Å². The van der Waals surface area contributed by atoms with Gasteiger partial charge in [0, 0.05) is 32.7 Å². The van der Waals surface area contributed by atoms with Gasteiger partial charge in [0.1, 0.15) is 0 Å². The SMILES string of the molecule is Cl.Cl.c1cc2c(cc1CN1CCNCC1)OCO2. The molecule has 3 rings (SSSR count). The molecule has 2 aliphatic rings. The predicted octanol–water partition coefficient (Wildman–Crippen LogP) is 1.66. The topological polar surface area (TPSA) is 33.7 Å². The van der Waals surface area contributed by atoms with Crippen LogP contribution in [-0.4, -0.2) is 37.9 Å². The molecule has 0 aliphatic carbocycles. The fourth-order valence-electron chi connectivity index (χ4n) is 2.17. The van der Waals surface area contributed by atoms with Gasteiger partial charge in [0.25, 0.3) is 0 Å². The number of benzene rings is 1. The highest BCUT2D eigenvalue weighted by Gasteiger charge is 2.15. The third kappa shape index (κ3) is 3.42. The summed E-state index contributed by atoms with van der Waals surface area (Å²) in [6.45, 7) is 5.77. The molecule has 1 aromatic carbocycles. The molecule has 1 fully saturated rings. The quantitative estimate of drug-likeness (QED) is 0.899. The Morgan fingerprint density at radius 1 is 1.06 bits per heavy atom. The van der Waals surface area contributed by atoms with Crippen molar-refractivity contribution in [3.05, 3.63) is 23.8 Å². The molecule has 1 aromatic rings. The van der Waals surface area contributed by atoms with E-state index in [2.05, 4.69) is 22.3 Å². The average Bonchev–Trinajstić information content (AvgIpc) is 2.77. The minimum atomic E-state index is 0. The van der Waals surface area contributed by atoms with Gasteiger partial charge in [-0.2, -0.15) is 0 Å². The number of rotatable bonds is 2. The molecule has 2 aliphatic heterocycles. The van der Waals surface area contributed by atoms with Crippen LogP contribution in [0, 0.1) is 0 Å². The predicted molar refractivity (Wildman–Crippen MR) is 75.2 cm³/mol. The number of ether oxygens (including phenoxy) is 2. The molecule has 0 radical (unpaired) electrons. The lowest BCUT2D eigenvalue weighted by atomic mass is 10.2. The maximum Gasteiger partial charge on any atom is 0.231 e. The zero-order chi connectivity index (χ0) is 10.8. The van der Waals surface area contributed by atoms with Crippen molar-refractivity contribution in [2.45, 2.75) is 6.54 Å². The van der Waals surface area contributed by atoms with Crippen molar-refractivity contribution in [2.24, 2.45) is 0 Å². The second-order valence-electron chi connectivity index (χ2n) is 4.21. The second-order valence-corrected chi connectivity index (χ2v) is 4.21. The van der Waals surface area contributed by atoms with Gasteiger partial charge in [0.2, 0.25) is 6.79 Å². The molecule has 0 aromatic heterocycles. The maximum absolute atomic E-state index is 5.38. The van der Waals surface area contributed by atoms with Crippen LogP contribution in [0.25, 0.3) is 0 Å². The Balaban J connectivity index is 0.000000810. The Hall–Kier alpha value is -0.680. The summed E-state index contributed by atoms with van der Waals surface area (Å²) >= 11 is 0. The summed E-state index contributed by atoms with van der Waals surface area (Å²) in [5.74, 6) is 1.75. The smallest absolute Gasteiger partial charge is 0.231 e. The van der Waals surface area contributed by atoms with Gasteiger partial charge in [-0.15, -0.1) is 24.8 Å². The zero-order valence-corrected chi connectivity index (χ0v) is 11.7. The van der Waals surface area contributed by atoms with E-state index in [1.165, 1.54) is 5.56 Å².